The first-order valence-electron chi connectivity index (χ1n) is 6.96. The Morgan fingerprint density at radius 3 is 2.48 bits per heavy atom. The predicted octanol–water partition coefficient (Wildman–Crippen LogP) is 1.07. The molecule has 0 saturated heterocycles. The van der Waals surface area contributed by atoms with Crippen LogP contribution in [0.5, 0.6) is 0 Å². The molecule has 0 fully saturated rings. The van der Waals surface area contributed by atoms with Crippen LogP contribution >= 0.6 is 0 Å². The fourth-order valence-corrected chi connectivity index (χ4v) is 1.85. The summed E-state index contributed by atoms with van der Waals surface area (Å²) in [6, 6.07) is 13.3. The largest absolute Gasteiger partial charge is 0.341 e. The summed E-state index contributed by atoms with van der Waals surface area (Å²) in [5.74, 6) is -0.395. The van der Waals surface area contributed by atoms with Gasteiger partial charge in [-0.15, -0.1) is 0 Å². The van der Waals surface area contributed by atoms with Gasteiger partial charge >= 0.3 is 6.03 Å². The van der Waals surface area contributed by atoms with E-state index in [1.54, 1.807) is 54.7 Å². The van der Waals surface area contributed by atoms with Crippen molar-refractivity contribution in [1.82, 2.24) is 15.7 Å². The quantitative estimate of drug-likeness (QED) is 0.638. The molecule has 2 aromatic rings. The summed E-state index contributed by atoms with van der Waals surface area (Å²) in [5, 5.41) is 3.45. The summed E-state index contributed by atoms with van der Waals surface area (Å²) >= 11 is 0. The van der Waals surface area contributed by atoms with Gasteiger partial charge in [0.1, 0.15) is 6.29 Å². The first kappa shape index (κ1) is 16.2. The van der Waals surface area contributed by atoms with Crippen molar-refractivity contribution < 1.29 is 14.4 Å². The van der Waals surface area contributed by atoms with Crippen LogP contribution < -0.4 is 15.8 Å². The van der Waals surface area contributed by atoms with Gasteiger partial charge in [-0.05, 0) is 24.3 Å². The molecule has 0 aliphatic carbocycles. The van der Waals surface area contributed by atoms with Gasteiger partial charge in [0.05, 0.1) is 18.7 Å². The number of hydrogen-bond acceptors (Lipinski definition) is 4. The van der Waals surface area contributed by atoms with E-state index in [1.807, 2.05) is 0 Å². The maximum absolute atomic E-state index is 12.1. The van der Waals surface area contributed by atoms with Gasteiger partial charge in [-0.3, -0.25) is 15.2 Å². The molecule has 0 bridgehead atoms. The molecule has 0 atom stereocenters. The van der Waals surface area contributed by atoms with Crippen molar-refractivity contribution in [3.63, 3.8) is 0 Å². The molecule has 7 nitrogen and oxygen atoms in total. The van der Waals surface area contributed by atoms with E-state index in [-0.39, 0.29) is 13.0 Å². The van der Waals surface area contributed by atoms with Crippen molar-refractivity contribution in [1.29, 1.82) is 0 Å². The summed E-state index contributed by atoms with van der Waals surface area (Å²) in [7, 11) is 0. The number of rotatable bonds is 5. The Balaban J connectivity index is 2.09. The van der Waals surface area contributed by atoms with Crippen LogP contribution in [-0.2, 0) is 16.0 Å². The first-order valence-corrected chi connectivity index (χ1v) is 6.96. The summed E-state index contributed by atoms with van der Waals surface area (Å²) in [6.07, 6.45) is 2.19. The Morgan fingerprint density at radius 2 is 1.83 bits per heavy atom. The van der Waals surface area contributed by atoms with Gasteiger partial charge in [-0.25, -0.2) is 9.80 Å². The highest BCUT2D eigenvalue weighted by Crippen LogP contribution is 2.11. The van der Waals surface area contributed by atoms with Crippen molar-refractivity contribution in [2.24, 2.45) is 0 Å². The molecule has 0 aliphatic rings. The second-order valence-electron chi connectivity index (χ2n) is 4.56. The smallest absolute Gasteiger partial charge is 0.329 e. The SMILES string of the molecule is O=CCNC(=O)N(NC(=O)Cc1ccccn1)c1ccccc1. The van der Waals surface area contributed by atoms with Crippen molar-refractivity contribution in [3.8, 4) is 0 Å². The van der Waals surface area contributed by atoms with E-state index in [0.29, 0.717) is 17.7 Å². The maximum Gasteiger partial charge on any atom is 0.341 e. The standard InChI is InChI=1S/C16H16N4O3/c21-11-10-18-16(23)20(14-7-2-1-3-8-14)19-15(22)12-13-6-4-5-9-17-13/h1-9,11H,10,12H2,(H,18,23)(H,19,22). The Morgan fingerprint density at radius 1 is 1.09 bits per heavy atom. The molecule has 1 aromatic heterocycles. The lowest BCUT2D eigenvalue weighted by Crippen LogP contribution is -2.51. The molecular formula is C16H16N4O3. The molecule has 0 spiro atoms. The second kappa shape index (κ2) is 8.28. The molecule has 1 aromatic carbocycles. The summed E-state index contributed by atoms with van der Waals surface area (Å²) < 4.78 is 0. The molecule has 118 valence electrons. The predicted molar refractivity (Wildman–Crippen MR) is 84.5 cm³/mol. The third-order valence-electron chi connectivity index (χ3n) is 2.86. The minimum absolute atomic E-state index is 0.0329. The Kier molecular flexibility index (Phi) is 5.81. The van der Waals surface area contributed by atoms with E-state index in [4.69, 9.17) is 0 Å². The van der Waals surface area contributed by atoms with E-state index in [9.17, 15) is 14.4 Å². The average molecular weight is 312 g/mol. The number of anilines is 1. The molecule has 7 heteroatoms. The van der Waals surface area contributed by atoms with Crippen molar-refractivity contribution in [2.45, 2.75) is 6.42 Å². The average Bonchev–Trinajstić information content (AvgIpc) is 2.59. The summed E-state index contributed by atoms with van der Waals surface area (Å²) in [6.45, 7) is -0.141. The maximum atomic E-state index is 12.1. The molecule has 3 amide bonds. The van der Waals surface area contributed by atoms with E-state index in [2.05, 4.69) is 15.7 Å². The van der Waals surface area contributed by atoms with Gasteiger partial charge in [0.25, 0.3) is 0 Å². The molecule has 0 unspecified atom stereocenters. The van der Waals surface area contributed by atoms with E-state index < -0.39 is 11.9 Å². The third kappa shape index (κ3) is 4.92. The van der Waals surface area contributed by atoms with Crippen LogP contribution in [0.1, 0.15) is 5.69 Å². The lowest BCUT2D eigenvalue weighted by atomic mass is 10.2. The van der Waals surface area contributed by atoms with Gasteiger partial charge < -0.3 is 10.1 Å². The van der Waals surface area contributed by atoms with E-state index in [1.165, 1.54) is 0 Å². The van der Waals surface area contributed by atoms with Gasteiger partial charge in [0, 0.05) is 11.9 Å². The van der Waals surface area contributed by atoms with E-state index >= 15 is 0 Å². The Labute approximate surface area is 133 Å². The minimum atomic E-state index is -0.599. The fraction of sp³-hybridized carbons (Fsp3) is 0.125. The number of carbonyl (C=O) groups is 3. The number of hydrazine groups is 1. The number of urea groups is 1. The number of para-hydroxylation sites is 1. The van der Waals surface area contributed by atoms with Crippen LogP contribution in [-0.4, -0.2) is 29.8 Å². The lowest BCUT2D eigenvalue weighted by molar-refractivity contribution is -0.120. The second-order valence-corrected chi connectivity index (χ2v) is 4.56. The first-order chi connectivity index (χ1) is 11.2. The van der Waals surface area contributed by atoms with Crippen LogP contribution in [0.2, 0.25) is 0 Å². The number of nitrogens with zero attached hydrogens (tertiary/aromatic N) is 2. The van der Waals surface area contributed by atoms with Crippen LogP contribution in [0.25, 0.3) is 0 Å². The Hall–Kier alpha value is -3.22. The normalized spacial score (nSPS) is 9.74. The van der Waals surface area contributed by atoms with Crippen molar-refractivity contribution in [2.75, 3.05) is 11.6 Å². The molecule has 23 heavy (non-hydrogen) atoms. The van der Waals surface area contributed by atoms with Gasteiger partial charge in [-0.2, -0.15) is 0 Å². The number of amides is 3. The molecule has 2 rings (SSSR count). The minimum Gasteiger partial charge on any atom is -0.329 e. The zero-order valence-corrected chi connectivity index (χ0v) is 12.3. The zero-order chi connectivity index (χ0) is 16.5. The summed E-state index contributed by atoms with van der Waals surface area (Å²) in [4.78, 5) is 38.7. The molecule has 1 heterocycles. The number of pyridine rings is 1. The number of carbonyl (C=O) groups excluding carboxylic acids is 3. The van der Waals surface area contributed by atoms with Gasteiger partial charge in [0.15, 0.2) is 0 Å². The number of aromatic nitrogens is 1. The number of nitrogens with one attached hydrogen (secondary N) is 2. The zero-order valence-electron chi connectivity index (χ0n) is 12.3. The van der Waals surface area contributed by atoms with Gasteiger partial charge in [-0.1, -0.05) is 24.3 Å². The topological polar surface area (TPSA) is 91.4 Å². The van der Waals surface area contributed by atoms with Gasteiger partial charge in [0.2, 0.25) is 5.91 Å². The molecule has 0 aliphatic heterocycles. The molecular weight excluding hydrogens is 296 g/mol. The van der Waals surface area contributed by atoms with Crippen molar-refractivity contribution >= 4 is 23.9 Å². The highest BCUT2D eigenvalue weighted by molar-refractivity contribution is 5.96. The molecule has 0 radical (unpaired) electrons. The highest BCUT2D eigenvalue weighted by atomic mass is 16.2. The van der Waals surface area contributed by atoms with E-state index in [0.717, 1.165) is 5.01 Å². The highest BCUT2D eigenvalue weighted by Gasteiger charge is 2.18. The number of benzene rings is 1. The summed E-state index contributed by atoms with van der Waals surface area (Å²) in [5.41, 5.74) is 3.58. The Bertz CT molecular complexity index is 662. The van der Waals surface area contributed by atoms with Crippen LogP contribution in [0.3, 0.4) is 0 Å². The number of aldehydes is 1. The number of hydrogen-bond donors (Lipinski definition) is 2. The molecule has 0 saturated carbocycles. The monoisotopic (exact) mass is 312 g/mol. The van der Waals surface area contributed by atoms with Crippen LogP contribution in [0, 0.1) is 0 Å². The fourth-order valence-electron chi connectivity index (χ4n) is 1.85. The third-order valence-corrected chi connectivity index (χ3v) is 2.86. The van der Waals surface area contributed by atoms with Crippen molar-refractivity contribution in [3.05, 3.63) is 60.4 Å². The lowest BCUT2D eigenvalue weighted by Gasteiger charge is -2.23. The van der Waals surface area contributed by atoms with Crippen LogP contribution in [0.15, 0.2) is 54.7 Å². The molecule has 2 N–H and O–H groups in total. The van der Waals surface area contributed by atoms with Crippen LogP contribution in [0.4, 0.5) is 10.5 Å².